The Labute approximate surface area is 174 Å². The molecule has 0 aliphatic rings. The minimum atomic E-state index is -0.466. The van der Waals surface area contributed by atoms with E-state index in [0.29, 0.717) is 17.5 Å². The number of thioether (sulfide) groups is 1. The number of amides is 3. The monoisotopic (exact) mass is 408 g/mol. The van der Waals surface area contributed by atoms with E-state index in [0.717, 1.165) is 28.5 Å². The lowest BCUT2D eigenvalue weighted by Gasteiger charge is -2.10. The van der Waals surface area contributed by atoms with Crippen LogP contribution >= 0.6 is 11.8 Å². The van der Waals surface area contributed by atoms with E-state index in [1.54, 1.807) is 0 Å². The Hall–Kier alpha value is -2.93. The number of hydrogen-bond donors (Lipinski definition) is 2. The van der Waals surface area contributed by atoms with Gasteiger partial charge in [-0.25, -0.2) is 4.79 Å². The Kier molecular flexibility index (Phi) is 7.19. The maximum Gasteiger partial charge on any atom is 0.321 e. The SMILES string of the molecule is CC(C)CCNC(=O)NC(=O)CSc1nnc(-c2ccccc2)c2ccccc12. The molecule has 3 rings (SSSR count). The molecular formula is C22H24N4O2S. The van der Waals surface area contributed by atoms with Crippen molar-refractivity contribution in [2.45, 2.75) is 25.3 Å². The van der Waals surface area contributed by atoms with Crippen molar-refractivity contribution in [2.24, 2.45) is 5.92 Å². The van der Waals surface area contributed by atoms with Crippen LogP contribution in [0.15, 0.2) is 59.6 Å². The number of fused-ring (bicyclic) bond motifs is 1. The smallest absolute Gasteiger partial charge is 0.321 e. The average molecular weight is 409 g/mol. The Morgan fingerprint density at radius 3 is 2.38 bits per heavy atom. The van der Waals surface area contributed by atoms with E-state index in [9.17, 15) is 9.59 Å². The van der Waals surface area contributed by atoms with Crippen LogP contribution in [0.25, 0.3) is 22.0 Å². The third kappa shape index (κ3) is 5.77. The molecular weight excluding hydrogens is 384 g/mol. The average Bonchev–Trinajstić information content (AvgIpc) is 2.72. The fourth-order valence-corrected chi connectivity index (χ4v) is 3.58. The quantitative estimate of drug-likeness (QED) is 0.571. The van der Waals surface area contributed by atoms with Crippen LogP contribution in [0.3, 0.4) is 0 Å². The molecule has 7 heteroatoms. The van der Waals surface area contributed by atoms with Gasteiger partial charge in [0.1, 0.15) is 10.7 Å². The second-order valence-electron chi connectivity index (χ2n) is 7.04. The van der Waals surface area contributed by atoms with Gasteiger partial charge in [-0.3, -0.25) is 10.1 Å². The van der Waals surface area contributed by atoms with Crippen molar-refractivity contribution < 1.29 is 9.59 Å². The lowest BCUT2D eigenvalue weighted by Crippen LogP contribution is -2.40. The van der Waals surface area contributed by atoms with Crippen LogP contribution in [0.2, 0.25) is 0 Å². The van der Waals surface area contributed by atoms with Gasteiger partial charge < -0.3 is 5.32 Å². The summed E-state index contributed by atoms with van der Waals surface area (Å²) in [4.78, 5) is 23.9. The molecule has 3 aromatic rings. The van der Waals surface area contributed by atoms with Crippen molar-refractivity contribution >= 4 is 34.5 Å². The van der Waals surface area contributed by atoms with E-state index >= 15 is 0 Å². The number of imide groups is 1. The molecule has 0 aliphatic heterocycles. The highest BCUT2D eigenvalue weighted by Crippen LogP contribution is 2.31. The molecule has 1 aromatic heterocycles. The first-order chi connectivity index (χ1) is 14.0. The minimum Gasteiger partial charge on any atom is -0.338 e. The zero-order valence-corrected chi connectivity index (χ0v) is 17.3. The molecule has 0 spiro atoms. The van der Waals surface area contributed by atoms with Gasteiger partial charge in [0, 0.05) is 22.9 Å². The number of rotatable bonds is 7. The summed E-state index contributed by atoms with van der Waals surface area (Å²) in [5.74, 6) is 0.211. The Morgan fingerprint density at radius 2 is 1.66 bits per heavy atom. The maximum absolute atomic E-state index is 12.1. The van der Waals surface area contributed by atoms with E-state index in [4.69, 9.17) is 0 Å². The van der Waals surface area contributed by atoms with Crippen LogP contribution in [0.4, 0.5) is 4.79 Å². The molecule has 6 nitrogen and oxygen atoms in total. The Bertz CT molecular complexity index is 993. The van der Waals surface area contributed by atoms with Gasteiger partial charge in [0.05, 0.1) is 5.75 Å². The standard InChI is InChI=1S/C22H24N4O2S/c1-15(2)12-13-23-22(28)24-19(27)14-29-21-18-11-7-6-10-17(18)20(25-26-21)16-8-4-3-5-9-16/h3-11,15H,12-14H2,1-2H3,(H2,23,24,27,28). The van der Waals surface area contributed by atoms with Crippen LogP contribution < -0.4 is 10.6 Å². The summed E-state index contributed by atoms with van der Waals surface area (Å²) in [7, 11) is 0. The molecule has 150 valence electrons. The van der Waals surface area contributed by atoms with Crippen molar-refractivity contribution in [1.29, 1.82) is 0 Å². The summed E-state index contributed by atoms with van der Waals surface area (Å²) in [5.41, 5.74) is 1.79. The predicted molar refractivity (Wildman–Crippen MR) is 117 cm³/mol. The van der Waals surface area contributed by atoms with Gasteiger partial charge in [-0.05, 0) is 12.3 Å². The number of hydrogen-bond acceptors (Lipinski definition) is 5. The number of benzene rings is 2. The minimum absolute atomic E-state index is 0.0843. The summed E-state index contributed by atoms with van der Waals surface area (Å²) in [6.45, 7) is 4.70. The third-order valence-corrected chi connectivity index (χ3v) is 5.28. The predicted octanol–water partition coefficient (Wildman–Crippen LogP) is 4.26. The number of urea groups is 1. The fraction of sp³-hybridized carbons (Fsp3) is 0.273. The first-order valence-corrected chi connectivity index (χ1v) is 10.5. The molecule has 3 amide bonds. The van der Waals surface area contributed by atoms with E-state index in [1.165, 1.54) is 11.8 Å². The summed E-state index contributed by atoms with van der Waals surface area (Å²) in [5, 5.41) is 16.3. The lowest BCUT2D eigenvalue weighted by molar-refractivity contribution is -0.117. The molecule has 0 bridgehead atoms. The number of carbonyl (C=O) groups is 2. The van der Waals surface area contributed by atoms with Crippen molar-refractivity contribution in [1.82, 2.24) is 20.8 Å². The zero-order chi connectivity index (χ0) is 20.6. The van der Waals surface area contributed by atoms with Crippen molar-refractivity contribution in [3.05, 3.63) is 54.6 Å². The Balaban J connectivity index is 1.67. The molecule has 0 radical (unpaired) electrons. The molecule has 0 saturated carbocycles. The molecule has 1 heterocycles. The first-order valence-electron chi connectivity index (χ1n) is 9.56. The third-order valence-electron chi connectivity index (χ3n) is 4.30. The highest BCUT2D eigenvalue weighted by Gasteiger charge is 2.13. The van der Waals surface area contributed by atoms with E-state index in [2.05, 4.69) is 34.7 Å². The van der Waals surface area contributed by atoms with Crippen molar-refractivity contribution in [3.8, 4) is 11.3 Å². The van der Waals surface area contributed by atoms with E-state index < -0.39 is 6.03 Å². The van der Waals surface area contributed by atoms with E-state index in [-0.39, 0.29) is 11.7 Å². The van der Waals surface area contributed by atoms with Crippen LogP contribution in [0, 0.1) is 5.92 Å². The Morgan fingerprint density at radius 1 is 0.966 bits per heavy atom. The molecule has 29 heavy (non-hydrogen) atoms. The van der Waals surface area contributed by atoms with Gasteiger partial charge in [-0.1, -0.05) is 80.2 Å². The lowest BCUT2D eigenvalue weighted by atomic mass is 10.1. The van der Waals surface area contributed by atoms with Crippen LogP contribution in [-0.2, 0) is 4.79 Å². The first kappa shape index (κ1) is 20.8. The molecule has 2 aromatic carbocycles. The number of carbonyl (C=O) groups excluding carboxylic acids is 2. The van der Waals surface area contributed by atoms with E-state index in [1.807, 2.05) is 54.6 Å². The molecule has 0 atom stereocenters. The largest absolute Gasteiger partial charge is 0.338 e. The van der Waals surface area contributed by atoms with Crippen LogP contribution in [-0.4, -0.2) is 34.4 Å². The molecule has 0 aliphatic carbocycles. The second-order valence-corrected chi connectivity index (χ2v) is 8.00. The topological polar surface area (TPSA) is 84.0 Å². The van der Waals surface area contributed by atoms with Crippen LogP contribution in [0.5, 0.6) is 0 Å². The normalized spacial score (nSPS) is 10.9. The van der Waals surface area contributed by atoms with Crippen molar-refractivity contribution in [2.75, 3.05) is 12.3 Å². The van der Waals surface area contributed by atoms with Crippen molar-refractivity contribution in [3.63, 3.8) is 0 Å². The summed E-state index contributed by atoms with van der Waals surface area (Å²) in [6.07, 6.45) is 0.867. The number of nitrogens with zero attached hydrogens (tertiary/aromatic N) is 2. The number of aromatic nitrogens is 2. The summed E-state index contributed by atoms with van der Waals surface area (Å²) < 4.78 is 0. The van der Waals surface area contributed by atoms with Gasteiger partial charge in [-0.15, -0.1) is 10.2 Å². The zero-order valence-electron chi connectivity index (χ0n) is 16.5. The molecule has 0 fully saturated rings. The molecule has 0 saturated heterocycles. The van der Waals surface area contributed by atoms with Gasteiger partial charge in [-0.2, -0.15) is 0 Å². The van der Waals surface area contributed by atoms with Gasteiger partial charge in [0.25, 0.3) is 0 Å². The second kappa shape index (κ2) is 10.0. The number of nitrogens with one attached hydrogen (secondary N) is 2. The maximum atomic E-state index is 12.1. The van der Waals surface area contributed by atoms with Gasteiger partial charge in [0.15, 0.2) is 0 Å². The van der Waals surface area contributed by atoms with Gasteiger partial charge in [0.2, 0.25) is 5.91 Å². The fourth-order valence-electron chi connectivity index (χ4n) is 2.81. The molecule has 0 unspecified atom stereocenters. The molecule has 2 N–H and O–H groups in total. The highest BCUT2D eigenvalue weighted by atomic mass is 32.2. The summed E-state index contributed by atoms with van der Waals surface area (Å²) >= 11 is 1.27. The highest BCUT2D eigenvalue weighted by molar-refractivity contribution is 8.00. The van der Waals surface area contributed by atoms with Crippen LogP contribution in [0.1, 0.15) is 20.3 Å². The van der Waals surface area contributed by atoms with Gasteiger partial charge >= 0.3 is 6.03 Å². The summed E-state index contributed by atoms with van der Waals surface area (Å²) in [6, 6.07) is 17.3.